The van der Waals surface area contributed by atoms with Gasteiger partial charge in [0.15, 0.2) is 0 Å². The van der Waals surface area contributed by atoms with Crippen LogP contribution in [0.5, 0.6) is 11.5 Å². The fraction of sp³-hybridized carbons (Fsp3) is 0.240. The summed E-state index contributed by atoms with van der Waals surface area (Å²) in [4.78, 5) is 37.0. The summed E-state index contributed by atoms with van der Waals surface area (Å²) < 4.78 is 22.0. The van der Waals surface area contributed by atoms with Crippen LogP contribution < -0.4 is 20.4 Å². The van der Waals surface area contributed by atoms with Crippen molar-refractivity contribution in [3.8, 4) is 11.5 Å². The number of amides is 1. The number of benzene rings is 2. The molecule has 0 spiro atoms. The van der Waals surface area contributed by atoms with Crippen molar-refractivity contribution < 1.29 is 28.2 Å². The lowest BCUT2D eigenvalue weighted by molar-refractivity contribution is -0.128. The van der Waals surface area contributed by atoms with Crippen molar-refractivity contribution in [1.29, 1.82) is 0 Å². The van der Waals surface area contributed by atoms with Gasteiger partial charge < -0.3 is 23.9 Å². The van der Waals surface area contributed by atoms with Crippen LogP contribution in [-0.4, -0.2) is 38.2 Å². The predicted molar refractivity (Wildman–Crippen MR) is 129 cm³/mol. The zero-order valence-electron chi connectivity index (χ0n) is 18.3. The van der Waals surface area contributed by atoms with Crippen LogP contribution in [0.4, 0.5) is 0 Å². The first kappa shape index (κ1) is 23.7. The standard InChI is InChI=1S/C25H22BrNO7/c1-31-21-8-4-15(11-20(21)26)5-9-23(28)33-17-7-6-16-12-19(25(30)34-22(16)13-17)24(29)27-14-18-3-2-10-32-18/h4-9,11-13,18H,2-3,10,14H2,1H3,(H,27,29)/b9-5+. The molecule has 176 valence electrons. The quantitative estimate of drug-likeness (QED) is 0.213. The van der Waals surface area contributed by atoms with Crippen molar-refractivity contribution in [2.75, 3.05) is 20.3 Å². The second-order valence-electron chi connectivity index (χ2n) is 7.64. The molecular formula is C25H22BrNO7. The number of halogens is 1. The van der Waals surface area contributed by atoms with E-state index in [1.165, 1.54) is 18.2 Å². The summed E-state index contributed by atoms with van der Waals surface area (Å²) in [6, 6.07) is 11.4. The topological polar surface area (TPSA) is 104 Å². The Labute approximate surface area is 203 Å². The number of carbonyl (C=O) groups excluding carboxylic acids is 2. The highest BCUT2D eigenvalue weighted by Gasteiger charge is 2.19. The van der Waals surface area contributed by atoms with Gasteiger partial charge in [0.2, 0.25) is 0 Å². The largest absolute Gasteiger partial charge is 0.496 e. The van der Waals surface area contributed by atoms with Gasteiger partial charge in [0, 0.05) is 30.7 Å². The molecule has 0 aliphatic carbocycles. The molecule has 1 amide bonds. The summed E-state index contributed by atoms with van der Waals surface area (Å²) >= 11 is 3.39. The van der Waals surface area contributed by atoms with E-state index in [1.54, 1.807) is 37.5 Å². The Bertz CT molecular complexity index is 1310. The van der Waals surface area contributed by atoms with E-state index in [-0.39, 0.29) is 23.0 Å². The first-order valence-electron chi connectivity index (χ1n) is 10.6. The molecule has 0 saturated carbocycles. The van der Waals surface area contributed by atoms with Gasteiger partial charge in [-0.15, -0.1) is 0 Å². The number of rotatable bonds is 7. The molecule has 1 saturated heterocycles. The summed E-state index contributed by atoms with van der Waals surface area (Å²) in [7, 11) is 1.57. The van der Waals surface area contributed by atoms with Crippen LogP contribution in [0.15, 0.2) is 62.2 Å². The normalized spacial score (nSPS) is 15.5. The number of esters is 1. The minimum atomic E-state index is -0.772. The first-order valence-corrected chi connectivity index (χ1v) is 11.4. The Morgan fingerprint density at radius 2 is 2.06 bits per heavy atom. The third-order valence-electron chi connectivity index (χ3n) is 5.27. The molecule has 34 heavy (non-hydrogen) atoms. The number of ether oxygens (including phenoxy) is 3. The van der Waals surface area contributed by atoms with Crippen molar-refractivity contribution in [3.05, 3.63) is 74.6 Å². The van der Waals surface area contributed by atoms with Crippen molar-refractivity contribution in [3.63, 3.8) is 0 Å². The number of nitrogens with one attached hydrogen (secondary N) is 1. The highest BCUT2D eigenvalue weighted by molar-refractivity contribution is 9.10. The summed E-state index contributed by atoms with van der Waals surface area (Å²) in [5, 5.41) is 3.24. The van der Waals surface area contributed by atoms with Gasteiger partial charge in [0.25, 0.3) is 5.91 Å². The summed E-state index contributed by atoms with van der Waals surface area (Å²) in [6.07, 6.45) is 4.70. The van der Waals surface area contributed by atoms with E-state index in [0.717, 1.165) is 22.9 Å². The zero-order chi connectivity index (χ0) is 24.1. The fourth-order valence-corrected chi connectivity index (χ4v) is 4.08. The Hall–Kier alpha value is -3.43. The van der Waals surface area contributed by atoms with Crippen LogP contribution in [0.1, 0.15) is 28.8 Å². The zero-order valence-corrected chi connectivity index (χ0v) is 19.9. The molecule has 1 aromatic heterocycles. The maximum Gasteiger partial charge on any atom is 0.349 e. The monoisotopic (exact) mass is 527 g/mol. The lowest BCUT2D eigenvalue weighted by atomic mass is 10.1. The van der Waals surface area contributed by atoms with Gasteiger partial charge in [0.05, 0.1) is 17.7 Å². The number of carbonyl (C=O) groups is 2. The minimum Gasteiger partial charge on any atom is -0.496 e. The molecule has 1 aliphatic rings. The number of hydrogen-bond acceptors (Lipinski definition) is 7. The van der Waals surface area contributed by atoms with Crippen molar-refractivity contribution >= 4 is 44.9 Å². The molecule has 1 atom stereocenters. The van der Waals surface area contributed by atoms with Crippen molar-refractivity contribution in [2.24, 2.45) is 0 Å². The molecule has 8 nitrogen and oxygen atoms in total. The van der Waals surface area contributed by atoms with Gasteiger partial charge in [-0.05, 0) is 70.7 Å². The average molecular weight is 528 g/mol. The van der Waals surface area contributed by atoms with E-state index in [1.807, 2.05) is 6.07 Å². The molecule has 1 fully saturated rings. The van der Waals surface area contributed by atoms with Gasteiger partial charge in [-0.2, -0.15) is 0 Å². The van der Waals surface area contributed by atoms with E-state index >= 15 is 0 Å². The Morgan fingerprint density at radius 3 is 2.79 bits per heavy atom. The molecule has 0 bridgehead atoms. The molecule has 2 aromatic carbocycles. The third kappa shape index (κ3) is 5.73. The maximum absolute atomic E-state index is 12.4. The number of hydrogen-bond donors (Lipinski definition) is 1. The minimum absolute atomic E-state index is 0.0333. The molecule has 1 aliphatic heterocycles. The fourth-order valence-electron chi connectivity index (χ4n) is 3.52. The van der Waals surface area contributed by atoms with Gasteiger partial charge in [-0.25, -0.2) is 9.59 Å². The highest BCUT2D eigenvalue weighted by atomic mass is 79.9. The number of fused-ring (bicyclic) bond motifs is 1. The summed E-state index contributed by atoms with van der Waals surface area (Å²) in [6.45, 7) is 1.02. The summed E-state index contributed by atoms with van der Waals surface area (Å²) in [5.74, 6) is -0.228. The molecule has 1 unspecified atom stereocenters. The highest BCUT2D eigenvalue weighted by Crippen LogP contribution is 2.26. The second kappa shape index (κ2) is 10.7. The Balaban J connectivity index is 1.43. The molecule has 0 radical (unpaired) electrons. The van der Waals surface area contributed by atoms with E-state index in [9.17, 15) is 14.4 Å². The van der Waals surface area contributed by atoms with E-state index in [4.69, 9.17) is 18.6 Å². The van der Waals surface area contributed by atoms with E-state index in [2.05, 4.69) is 21.2 Å². The molecule has 2 heterocycles. The predicted octanol–water partition coefficient (Wildman–Crippen LogP) is 4.09. The lowest BCUT2D eigenvalue weighted by Crippen LogP contribution is -2.34. The SMILES string of the molecule is COc1ccc(/C=C/C(=O)Oc2ccc3cc(C(=O)NCC4CCCO4)c(=O)oc3c2)cc1Br. The first-order chi connectivity index (χ1) is 16.4. The average Bonchev–Trinajstić information content (AvgIpc) is 3.34. The van der Waals surface area contributed by atoms with Gasteiger partial charge in [-0.1, -0.05) is 6.07 Å². The van der Waals surface area contributed by atoms with E-state index < -0.39 is 17.5 Å². The van der Waals surface area contributed by atoms with Crippen LogP contribution in [0.2, 0.25) is 0 Å². The Kier molecular flexibility index (Phi) is 7.44. The van der Waals surface area contributed by atoms with Crippen LogP contribution in [0.3, 0.4) is 0 Å². The molecule has 1 N–H and O–H groups in total. The van der Waals surface area contributed by atoms with Gasteiger partial charge in [0.1, 0.15) is 22.6 Å². The van der Waals surface area contributed by atoms with Gasteiger partial charge in [-0.3, -0.25) is 4.79 Å². The third-order valence-corrected chi connectivity index (χ3v) is 5.89. The van der Waals surface area contributed by atoms with Crippen LogP contribution in [0, 0.1) is 0 Å². The van der Waals surface area contributed by atoms with Gasteiger partial charge >= 0.3 is 11.6 Å². The molecular weight excluding hydrogens is 506 g/mol. The van der Waals surface area contributed by atoms with Crippen LogP contribution in [0.25, 0.3) is 17.0 Å². The second-order valence-corrected chi connectivity index (χ2v) is 8.49. The van der Waals surface area contributed by atoms with Crippen LogP contribution in [-0.2, 0) is 9.53 Å². The Morgan fingerprint density at radius 1 is 1.21 bits per heavy atom. The molecule has 3 aromatic rings. The van der Waals surface area contributed by atoms with E-state index in [0.29, 0.717) is 24.3 Å². The summed E-state index contributed by atoms with van der Waals surface area (Å²) in [5.41, 5.74) is 0.114. The van der Waals surface area contributed by atoms with Crippen LogP contribution >= 0.6 is 15.9 Å². The smallest absolute Gasteiger partial charge is 0.349 e. The molecule has 4 rings (SSSR count). The lowest BCUT2D eigenvalue weighted by Gasteiger charge is -2.10. The van der Waals surface area contributed by atoms with Crippen molar-refractivity contribution in [2.45, 2.75) is 18.9 Å². The van der Waals surface area contributed by atoms with Crippen molar-refractivity contribution in [1.82, 2.24) is 5.32 Å². The maximum atomic E-state index is 12.4. The number of methoxy groups -OCH3 is 1. The molecule has 9 heteroatoms.